The molecule has 0 radical (unpaired) electrons. The van der Waals surface area contributed by atoms with Crippen molar-refractivity contribution in [2.75, 3.05) is 13.1 Å². The zero-order valence-corrected chi connectivity index (χ0v) is 6.80. The maximum Gasteiger partial charge on any atom is 0.0286 e. The van der Waals surface area contributed by atoms with E-state index in [9.17, 15) is 0 Å². The van der Waals surface area contributed by atoms with Crippen molar-refractivity contribution in [1.82, 2.24) is 10.4 Å². The van der Waals surface area contributed by atoms with E-state index in [2.05, 4.69) is 24.3 Å². The van der Waals surface area contributed by atoms with E-state index in [1.807, 2.05) is 0 Å². The number of nitrogens with one attached hydrogen (secondary N) is 1. The monoisotopic (exact) mass is 143 g/mol. The lowest BCUT2D eigenvalue weighted by molar-refractivity contribution is 0.102. The van der Waals surface area contributed by atoms with Crippen molar-refractivity contribution in [3.63, 3.8) is 0 Å². The first-order chi connectivity index (χ1) is 4.70. The zero-order chi connectivity index (χ0) is 7.56. The van der Waals surface area contributed by atoms with Crippen LogP contribution in [0, 0.1) is 0 Å². The van der Waals surface area contributed by atoms with Gasteiger partial charge in [0.1, 0.15) is 0 Å². The smallest absolute Gasteiger partial charge is 0.0286 e. The fraction of sp³-hybridized carbons (Fsp3) is 1.00. The van der Waals surface area contributed by atoms with Gasteiger partial charge in [-0.05, 0) is 20.3 Å². The molecule has 0 bridgehead atoms. The Kier molecular flexibility index (Phi) is 2.65. The largest absolute Gasteiger partial charge is 0.326 e. The average Bonchev–Trinajstić information content (AvgIpc) is 1.88. The highest BCUT2D eigenvalue weighted by atomic mass is 15.5. The van der Waals surface area contributed by atoms with Crippen molar-refractivity contribution in [2.45, 2.75) is 32.4 Å². The van der Waals surface area contributed by atoms with Crippen LogP contribution in [-0.4, -0.2) is 30.2 Å². The van der Waals surface area contributed by atoms with Gasteiger partial charge in [-0.2, -0.15) is 0 Å². The molecule has 1 rings (SSSR count). The van der Waals surface area contributed by atoms with Crippen LogP contribution in [-0.2, 0) is 0 Å². The lowest BCUT2D eigenvalue weighted by Gasteiger charge is -2.34. The summed E-state index contributed by atoms with van der Waals surface area (Å²) in [4.78, 5) is 0. The first kappa shape index (κ1) is 7.98. The summed E-state index contributed by atoms with van der Waals surface area (Å²) in [6.45, 7) is 6.35. The van der Waals surface area contributed by atoms with E-state index in [4.69, 9.17) is 5.73 Å². The second kappa shape index (κ2) is 3.32. The number of hydrazine groups is 1. The molecule has 3 heteroatoms. The molecule has 0 aromatic rings. The molecule has 3 N–H and O–H groups in total. The fourth-order valence-corrected chi connectivity index (χ4v) is 1.20. The van der Waals surface area contributed by atoms with E-state index < -0.39 is 0 Å². The Labute approximate surface area is 62.5 Å². The lowest BCUT2D eigenvalue weighted by atomic mass is 10.2. The van der Waals surface area contributed by atoms with Gasteiger partial charge in [-0.1, -0.05) is 0 Å². The molecule has 0 aromatic carbocycles. The Morgan fingerprint density at radius 1 is 1.60 bits per heavy atom. The summed E-state index contributed by atoms with van der Waals surface area (Å²) in [5.41, 5.74) is 9.08. The first-order valence-electron chi connectivity index (χ1n) is 3.96. The maximum atomic E-state index is 5.78. The van der Waals surface area contributed by atoms with Crippen LogP contribution in [0.1, 0.15) is 20.3 Å². The lowest BCUT2D eigenvalue weighted by Crippen LogP contribution is -2.54. The summed E-state index contributed by atoms with van der Waals surface area (Å²) < 4.78 is 0. The molecule has 1 atom stereocenters. The van der Waals surface area contributed by atoms with Crippen LogP contribution in [0.4, 0.5) is 0 Å². The molecule has 0 aromatic heterocycles. The van der Waals surface area contributed by atoms with Gasteiger partial charge in [-0.25, -0.2) is 5.01 Å². The standard InChI is InChI=1S/C7H17N3/c1-6(2)10-5-7(8)3-4-9-10/h6-7,9H,3-5,8H2,1-2H3/t7-/m1/s1. The third-order valence-electron chi connectivity index (χ3n) is 1.88. The van der Waals surface area contributed by atoms with E-state index in [1.165, 1.54) is 0 Å². The van der Waals surface area contributed by atoms with Crippen LogP contribution in [0.15, 0.2) is 0 Å². The number of nitrogens with two attached hydrogens (primary N) is 1. The van der Waals surface area contributed by atoms with Gasteiger partial charge in [0, 0.05) is 25.2 Å². The van der Waals surface area contributed by atoms with Crippen molar-refractivity contribution < 1.29 is 0 Å². The molecule has 60 valence electrons. The SMILES string of the molecule is CC(C)N1C[C@H](N)CCN1. The topological polar surface area (TPSA) is 41.3 Å². The van der Waals surface area contributed by atoms with Gasteiger partial charge in [-0.3, -0.25) is 5.43 Å². The molecule has 0 amide bonds. The van der Waals surface area contributed by atoms with Gasteiger partial charge in [0.15, 0.2) is 0 Å². The molecule has 1 fully saturated rings. The van der Waals surface area contributed by atoms with E-state index in [-0.39, 0.29) is 0 Å². The van der Waals surface area contributed by atoms with Gasteiger partial charge in [0.25, 0.3) is 0 Å². The van der Waals surface area contributed by atoms with Crippen LogP contribution in [0.25, 0.3) is 0 Å². The van der Waals surface area contributed by atoms with Gasteiger partial charge in [0.05, 0.1) is 0 Å². The quantitative estimate of drug-likeness (QED) is 0.540. The predicted molar refractivity (Wildman–Crippen MR) is 42.4 cm³/mol. The van der Waals surface area contributed by atoms with Crippen molar-refractivity contribution in [3.05, 3.63) is 0 Å². The summed E-state index contributed by atoms with van der Waals surface area (Å²) in [5, 5.41) is 2.20. The number of rotatable bonds is 1. The Morgan fingerprint density at radius 2 is 2.30 bits per heavy atom. The highest BCUT2D eigenvalue weighted by Crippen LogP contribution is 2.02. The summed E-state index contributed by atoms with van der Waals surface area (Å²) >= 11 is 0. The Balaban J connectivity index is 2.32. The van der Waals surface area contributed by atoms with E-state index in [1.54, 1.807) is 0 Å². The summed E-state index contributed by atoms with van der Waals surface area (Å²) in [6.07, 6.45) is 1.10. The fourth-order valence-electron chi connectivity index (χ4n) is 1.20. The number of hydrogen-bond acceptors (Lipinski definition) is 3. The van der Waals surface area contributed by atoms with Crippen molar-refractivity contribution in [3.8, 4) is 0 Å². The molecule has 0 spiro atoms. The molecule has 1 heterocycles. The molecule has 0 saturated carbocycles. The van der Waals surface area contributed by atoms with Gasteiger partial charge < -0.3 is 5.73 Å². The summed E-state index contributed by atoms with van der Waals surface area (Å²) in [5.74, 6) is 0. The third-order valence-corrected chi connectivity index (χ3v) is 1.88. The summed E-state index contributed by atoms with van der Waals surface area (Å²) in [7, 11) is 0. The van der Waals surface area contributed by atoms with Crippen molar-refractivity contribution in [1.29, 1.82) is 0 Å². The van der Waals surface area contributed by atoms with E-state index >= 15 is 0 Å². The Bertz CT molecular complexity index is 103. The number of hydrogen-bond donors (Lipinski definition) is 2. The Morgan fingerprint density at radius 3 is 2.70 bits per heavy atom. The van der Waals surface area contributed by atoms with Crippen LogP contribution in [0.5, 0.6) is 0 Å². The molecule has 3 nitrogen and oxygen atoms in total. The minimum atomic E-state index is 0.364. The highest BCUT2D eigenvalue weighted by Gasteiger charge is 2.17. The van der Waals surface area contributed by atoms with Gasteiger partial charge in [0.2, 0.25) is 0 Å². The second-order valence-corrected chi connectivity index (χ2v) is 3.20. The average molecular weight is 143 g/mol. The van der Waals surface area contributed by atoms with Crippen LogP contribution in [0.3, 0.4) is 0 Å². The zero-order valence-electron chi connectivity index (χ0n) is 6.80. The summed E-state index contributed by atoms with van der Waals surface area (Å²) in [6, 6.07) is 0.926. The van der Waals surface area contributed by atoms with Gasteiger partial charge >= 0.3 is 0 Å². The minimum Gasteiger partial charge on any atom is -0.326 e. The minimum absolute atomic E-state index is 0.364. The molecular weight excluding hydrogens is 126 g/mol. The molecule has 0 unspecified atom stereocenters. The number of nitrogens with zero attached hydrogens (tertiary/aromatic N) is 1. The van der Waals surface area contributed by atoms with Gasteiger partial charge in [-0.15, -0.1) is 0 Å². The second-order valence-electron chi connectivity index (χ2n) is 3.20. The first-order valence-corrected chi connectivity index (χ1v) is 3.96. The van der Waals surface area contributed by atoms with Crippen molar-refractivity contribution >= 4 is 0 Å². The predicted octanol–water partition coefficient (Wildman–Crippen LogP) is -0.0676. The molecule has 0 aliphatic carbocycles. The molecule has 1 aliphatic heterocycles. The molecule has 10 heavy (non-hydrogen) atoms. The third kappa shape index (κ3) is 1.94. The van der Waals surface area contributed by atoms with Crippen LogP contribution >= 0.6 is 0 Å². The Hall–Kier alpha value is -0.120. The normalized spacial score (nSPS) is 29.4. The maximum absolute atomic E-state index is 5.78. The van der Waals surface area contributed by atoms with Crippen LogP contribution < -0.4 is 11.2 Å². The van der Waals surface area contributed by atoms with Crippen LogP contribution in [0.2, 0.25) is 0 Å². The molecule has 1 saturated heterocycles. The van der Waals surface area contributed by atoms with E-state index in [0.29, 0.717) is 12.1 Å². The molecule has 1 aliphatic rings. The van der Waals surface area contributed by atoms with E-state index in [0.717, 1.165) is 19.5 Å². The van der Waals surface area contributed by atoms with Crippen molar-refractivity contribution in [2.24, 2.45) is 5.73 Å². The highest BCUT2D eigenvalue weighted by molar-refractivity contribution is 4.73. The molecular formula is C7H17N3.